The minimum atomic E-state index is -4.45. The minimum Gasteiger partial charge on any atom is -0.390 e. The van der Waals surface area contributed by atoms with Crippen LogP contribution >= 0.6 is 11.3 Å². The van der Waals surface area contributed by atoms with Gasteiger partial charge < -0.3 is 10.4 Å². The van der Waals surface area contributed by atoms with Crippen LogP contribution in [0.4, 0.5) is 22.7 Å². The topological polar surface area (TPSA) is 70.9 Å². The highest BCUT2D eigenvalue weighted by atomic mass is 32.1. The Balaban J connectivity index is 1.43. The van der Waals surface area contributed by atoms with Gasteiger partial charge >= 0.3 is 6.18 Å². The molecular weight excluding hydrogens is 456 g/mol. The van der Waals surface area contributed by atoms with Gasteiger partial charge in [-0.05, 0) is 41.0 Å². The van der Waals surface area contributed by atoms with Crippen LogP contribution in [-0.2, 0) is 12.8 Å². The van der Waals surface area contributed by atoms with Gasteiger partial charge in [-0.15, -0.1) is 0 Å². The highest BCUT2D eigenvalue weighted by Gasteiger charge is 2.32. The maximum Gasteiger partial charge on any atom is 0.433 e. The van der Waals surface area contributed by atoms with Crippen molar-refractivity contribution in [1.82, 2.24) is 15.0 Å². The van der Waals surface area contributed by atoms with E-state index in [1.54, 1.807) is 0 Å². The highest BCUT2D eigenvalue weighted by molar-refractivity contribution is 7.19. The lowest BCUT2D eigenvalue weighted by molar-refractivity contribution is -0.141. The van der Waals surface area contributed by atoms with E-state index >= 15 is 0 Å². The van der Waals surface area contributed by atoms with E-state index in [4.69, 9.17) is 0 Å². The van der Waals surface area contributed by atoms with Crippen molar-refractivity contribution >= 4 is 27.2 Å². The van der Waals surface area contributed by atoms with E-state index < -0.39 is 17.8 Å². The summed E-state index contributed by atoms with van der Waals surface area (Å²) in [5.41, 5.74) is 1.14. The first-order valence-electron chi connectivity index (χ1n) is 10.2. The molecule has 0 bridgehead atoms. The Morgan fingerprint density at radius 1 is 1.06 bits per heavy atom. The predicted octanol–water partition coefficient (Wildman–Crippen LogP) is 6.01. The molecule has 2 N–H and O–H groups in total. The lowest BCUT2D eigenvalue weighted by atomic mass is 9.99. The van der Waals surface area contributed by atoms with Gasteiger partial charge in [0.1, 0.15) is 5.69 Å². The Bertz CT molecular complexity index is 1260. The molecule has 10 heteroatoms. The SMILES string of the molecule is C[C@H](CCNc1nc(CO)c(-c2ccc3cnc(F)cc3c2)s1)c1ccc(C(F)(F)F)nc1. The zero-order valence-corrected chi connectivity index (χ0v) is 18.3. The average molecular weight is 476 g/mol. The van der Waals surface area contributed by atoms with Crippen molar-refractivity contribution in [2.45, 2.75) is 32.0 Å². The van der Waals surface area contributed by atoms with Crippen LogP contribution in [-0.4, -0.2) is 26.6 Å². The number of anilines is 1. The third-order valence-corrected chi connectivity index (χ3v) is 6.40. The number of hydrogen-bond donors (Lipinski definition) is 2. The molecule has 4 aromatic rings. The Hall–Kier alpha value is -3.11. The molecule has 3 heterocycles. The van der Waals surface area contributed by atoms with E-state index in [-0.39, 0.29) is 12.5 Å². The number of benzene rings is 1. The van der Waals surface area contributed by atoms with Gasteiger partial charge in [0, 0.05) is 30.4 Å². The number of halogens is 4. The summed E-state index contributed by atoms with van der Waals surface area (Å²) in [6.45, 7) is 2.21. The smallest absolute Gasteiger partial charge is 0.390 e. The summed E-state index contributed by atoms with van der Waals surface area (Å²) in [6.07, 6.45) is -1.07. The van der Waals surface area contributed by atoms with E-state index in [0.29, 0.717) is 29.2 Å². The van der Waals surface area contributed by atoms with Gasteiger partial charge in [0.25, 0.3) is 0 Å². The quantitative estimate of drug-likeness (QED) is 0.253. The molecule has 0 aliphatic rings. The van der Waals surface area contributed by atoms with Gasteiger partial charge in [0.15, 0.2) is 5.13 Å². The number of nitrogens with one attached hydrogen (secondary N) is 1. The molecule has 0 unspecified atom stereocenters. The molecule has 1 atom stereocenters. The molecule has 0 saturated heterocycles. The lowest BCUT2D eigenvalue weighted by Crippen LogP contribution is -2.09. The van der Waals surface area contributed by atoms with Gasteiger partial charge in [-0.3, -0.25) is 4.98 Å². The van der Waals surface area contributed by atoms with E-state index in [1.807, 2.05) is 25.1 Å². The first-order valence-corrected chi connectivity index (χ1v) is 11.0. The number of hydrogen-bond acceptors (Lipinski definition) is 6. The molecule has 0 radical (unpaired) electrons. The largest absolute Gasteiger partial charge is 0.433 e. The molecule has 0 amide bonds. The Morgan fingerprint density at radius 2 is 1.88 bits per heavy atom. The number of thiazole rings is 1. The summed E-state index contributed by atoms with van der Waals surface area (Å²) < 4.78 is 51.5. The van der Waals surface area contributed by atoms with Gasteiger partial charge in [-0.1, -0.05) is 36.5 Å². The third-order valence-electron chi connectivity index (χ3n) is 5.30. The average Bonchev–Trinajstić information content (AvgIpc) is 3.21. The Labute approximate surface area is 191 Å². The summed E-state index contributed by atoms with van der Waals surface area (Å²) >= 11 is 1.37. The van der Waals surface area contributed by atoms with Crippen molar-refractivity contribution in [2.75, 3.05) is 11.9 Å². The van der Waals surface area contributed by atoms with E-state index in [2.05, 4.69) is 20.3 Å². The second-order valence-electron chi connectivity index (χ2n) is 7.61. The monoisotopic (exact) mass is 476 g/mol. The fourth-order valence-corrected chi connectivity index (χ4v) is 4.44. The minimum absolute atomic E-state index is 0.00646. The molecule has 4 rings (SSSR count). The molecule has 0 aliphatic carbocycles. The van der Waals surface area contributed by atoms with Crippen LogP contribution in [0.3, 0.4) is 0 Å². The standard InChI is InChI=1S/C23H20F4N4OS/c1-13(15-4-5-19(29-10-15)23(25,26)27)6-7-28-22-31-18(12-32)21(33-22)14-2-3-16-11-30-20(24)9-17(16)8-14/h2-5,8-11,13,32H,6-7,12H2,1H3,(H,28,31)/t13-/m1/s1. The first-order chi connectivity index (χ1) is 15.7. The Kier molecular flexibility index (Phi) is 6.57. The summed E-state index contributed by atoms with van der Waals surface area (Å²) in [5, 5.41) is 15.1. The molecule has 172 valence electrons. The molecule has 0 saturated carbocycles. The van der Waals surface area contributed by atoms with Gasteiger partial charge in [0.2, 0.25) is 5.95 Å². The van der Waals surface area contributed by atoms with Crippen molar-refractivity contribution < 1.29 is 22.7 Å². The first kappa shape index (κ1) is 23.1. The molecule has 3 aromatic heterocycles. The molecule has 0 aliphatic heterocycles. The summed E-state index contributed by atoms with van der Waals surface area (Å²) in [4.78, 5) is 12.4. The highest BCUT2D eigenvalue weighted by Crippen LogP contribution is 2.35. The van der Waals surface area contributed by atoms with Crippen molar-refractivity contribution in [3.63, 3.8) is 0 Å². The number of rotatable bonds is 7. The van der Waals surface area contributed by atoms with Crippen LogP contribution in [0.5, 0.6) is 0 Å². The number of aliphatic hydroxyl groups is 1. The predicted molar refractivity (Wildman–Crippen MR) is 119 cm³/mol. The molecular formula is C23H20F4N4OS. The van der Waals surface area contributed by atoms with Crippen LogP contribution < -0.4 is 5.32 Å². The van der Waals surface area contributed by atoms with Crippen LogP contribution in [0.2, 0.25) is 0 Å². The van der Waals surface area contributed by atoms with Crippen molar-refractivity contribution in [1.29, 1.82) is 0 Å². The van der Waals surface area contributed by atoms with Gasteiger partial charge in [-0.25, -0.2) is 9.97 Å². The molecule has 33 heavy (non-hydrogen) atoms. The number of nitrogens with zero attached hydrogens (tertiary/aromatic N) is 3. The fourth-order valence-electron chi connectivity index (χ4n) is 3.44. The maximum atomic E-state index is 13.5. The molecule has 0 spiro atoms. The zero-order chi connectivity index (χ0) is 23.6. The van der Waals surface area contributed by atoms with Gasteiger partial charge in [0.05, 0.1) is 17.2 Å². The Morgan fingerprint density at radius 3 is 2.58 bits per heavy atom. The number of alkyl halides is 3. The van der Waals surface area contributed by atoms with Crippen LogP contribution in [0.15, 0.2) is 48.8 Å². The zero-order valence-electron chi connectivity index (χ0n) is 17.5. The normalized spacial score (nSPS) is 12.8. The number of aliphatic hydroxyl groups excluding tert-OH is 1. The summed E-state index contributed by atoms with van der Waals surface area (Å²) in [5.74, 6) is -0.570. The molecule has 5 nitrogen and oxygen atoms in total. The molecule has 0 fully saturated rings. The van der Waals surface area contributed by atoms with Crippen molar-refractivity contribution in [3.8, 4) is 10.4 Å². The number of fused-ring (bicyclic) bond motifs is 1. The van der Waals surface area contributed by atoms with Crippen molar-refractivity contribution in [2.24, 2.45) is 0 Å². The third kappa shape index (κ3) is 5.28. The maximum absolute atomic E-state index is 13.5. The fraction of sp³-hybridized carbons (Fsp3) is 0.261. The summed E-state index contributed by atoms with van der Waals surface area (Å²) in [7, 11) is 0. The van der Waals surface area contributed by atoms with Crippen LogP contribution in [0.1, 0.15) is 36.2 Å². The van der Waals surface area contributed by atoms with E-state index in [1.165, 1.54) is 35.9 Å². The summed E-state index contributed by atoms with van der Waals surface area (Å²) in [6, 6.07) is 9.34. The van der Waals surface area contributed by atoms with Crippen LogP contribution in [0.25, 0.3) is 21.2 Å². The van der Waals surface area contributed by atoms with Crippen LogP contribution in [0, 0.1) is 5.95 Å². The van der Waals surface area contributed by atoms with E-state index in [0.717, 1.165) is 27.5 Å². The lowest BCUT2D eigenvalue weighted by Gasteiger charge is -2.13. The van der Waals surface area contributed by atoms with Crippen molar-refractivity contribution in [3.05, 3.63) is 71.7 Å². The van der Waals surface area contributed by atoms with Gasteiger partial charge in [-0.2, -0.15) is 17.6 Å². The number of aromatic nitrogens is 3. The number of pyridine rings is 2. The second kappa shape index (κ2) is 9.40. The molecule has 1 aromatic carbocycles. The second-order valence-corrected chi connectivity index (χ2v) is 8.61. The van der Waals surface area contributed by atoms with E-state index in [9.17, 15) is 22.7 Å².